The number of hydrogen-bond acceptors (Lipinski definition) is 0. The molecule has 2 aromatic heterocycles. The fraction of sp³-hybridized carbons (Fsp3) is 0. The molecule has 0 bridgehead atoms. The van der Waals surface area contributed by atoms with Crippen molar-refractivity contribution in [1.82, 2.24) is 9.13 Å². The highest BCUT2D eigenvalue weighted by Gasteiger charge is 2.14. The molecule has 0 saturated carbocycles. The summed E-state index contributed by atoms with van der Waals surface area (Å²) in [5.74, 6) is 0. The van der Waals surface area contributed by atoms with Gasteiger partial charge in [0.25, 0.3) is 0 Å². The number of benzene rings is 5. The minimum Gasteiger partial charge on any atom is -0.317 e. The SMILES string of the molecule is c1ccc(-n2ccc3cc4cc5c6ccccc6n(-c6ccccc6)c5cc4cc32)cc1. The summed E-state index contributed by atoms with van der Waals surface area (Å²) in [7, 11) is 0. The van der Waals surface area contributed by atoms with Crippen LogP contribution < -0.4 is 0 Å². The molecule has 32 heavy (non-hydrogen) atoms. The second-order valence-corrected chi connectivity index (χ2v) is 8.34. The molecule has 0 aliphatic heterocycles. The lowest BCUT2D eigenvalue weighted by atomic mass is 10.0. The van der Waals surface area contributed by atoms with Crippen LogP contribution in [0.25, 0.3) is 54.9 Å². The first kappa shape index (κ1) is 17.4. The molecule has 0 spiro atoms. The Hall–Kier alpha value is -4.30. The molecule has 5 aromatic carbocycles. The van der Waals surface area contributed by atoms with Crippen LogP contribution in [0.15, 0.2) is 121 Å². The zero-order valence-corrected chi connectivity index (χ0v) is 17.4. The molecule has 7 aromatic rings. The van der Waals surface area contributed by atoms with E-state index < -0.39 is 0 Å². The maximum absolute atomic E-state index is 2.38. The molecule has 0 radical (unpaired) electrons. The Kier molecular flexibility index (Phi) is 3.58. The first-order valence-electron chi connectivity index (χ1n) is 11.0. The van der Waals surface area contributed by atoms with Crippen molar-refractivity contribution in [2.45, 2.75) is 0 Å². The fourth-order valence-corrected chi connectivity index (χ4v) is 5.02. The number of fused-ring (bicyclic) bond motifs is 5. The predicted molar refractivity (Wildman–Crippen MR) is 135 cm³/mol. The maximum Gasteiger partial charge on any atom is 0.0547 e. The van der Waals surface area contributed by atoms with Gasteiger partial charge in [-0.05, 0) is 71.4 Å². The van der Waals surface area contributed by atoms with Gasteiger partial charge in [0.15, 0.2) is 0 Å². The average molecular weight is 409 g/mol. The number of aromatic nitrogens is 2. The van der Waals surface area contributed by atoms with Crippen LogP contribution in [0, 0.1) is 0 Å². The van der Waals surface area contributed by atoms with E-state index in [1.165, 1.54) is 54.9 Å². The molecule has 0 N–H and O–H groups in total. The minimum absolute atomic E-state index is 1.18. The van der Waals surface area contributed by atoms with Crippen molar-refractivity contribution < 1.29 is 0 Å². The second kappa shape index (κ2) is 6.60. The van der Waals surface area contributed by atoms with Gasteiger partial charge in [-0.1, -0.05) is 54.6 Å². The molecule has 0 atom stereocenters. The summed E-state index contributed by atoms with van der Waals surface area (Å²) >= 11 is 0. The van der Waals surface area contributed by atoms with Crippen molar-refractivity contribution >= 4 is 43.5 Å². The molecule has 0 amide bonds. The van der Waals surface area contributed by atoms with E-state index in [1.54, 1.807) is 0 Å². The number of para-hydroxylation sites is 3. The summed E-state index contributed by atoms with van der Waals surface area (Å²) in [5.41, 5.74) is 6.07. The van der Waals surface area contributed by atoms with E-state index in [0.717, 1.165) is 0 Å². The first-order valence-corrected chi connectivity index (χ1v) is 11.0. The van der Waals surface area contributed by atoms with Crippen molar-refractivity contribution in [2.75, 3.05) is 0 Å². The van der Waals surface area contributed by atoms with E-state index in [4.69, 9.17) is 0 Å². The summed E-state index contributed by atoms with van der Waals surface area (Å²) < 4.78 is 4.65. The smallest absolute Gasteiger partial charge is 0.0547 e. The van der Waals surface area contributed by atoms with Gasteiger partial charge in [-0.3, -0.25) is 0 Å². The molecule has 0 aliphatic carbocycles. The topological polar surface area (TPSA) is 9.86 Å². The van der Waals surface area contributed by atoms with Gasteiger partial charge in [-0.2, -0.15) is 0 Å². The Morgan fingerprint density at radius 2 is 1.06 bits per heavy atom. The minimum atomic E-state index is 1.18. The van der Waals surface area contributed by atoms with Gasteiger partial charge in [0.2, 0.25) is 0 Å². The lowest BCUT2D eigenvalue weighted by molar-refractivity contribution is 1.13. The van der Waals surface area contributed by atoms with E-state index >= 15 is 0 Å². The van der Waals surface area contributed by atoms with Crippen LogP contribution in [0.5, 0.6) is 0 Å². The van der Waals surface area contributed by atoms with Crippen LogP contribution in [-0.4, -0.2) is 9.13 Å². The molecular formula is C30H20N2. The molecule has 2 heterocycles. The normalized spacial score (nSPS) is 11.8. The van der Waals surface area contributed by atoms with Crippen LogP contribution in [0.4, 0.5) is 0 Å². The lowest BCUT2D eigenvalue weighted by Crippen LogP contribution is -1.93. The van der Waals surface area contributed by atoms with Crippen LogP contribution in [-0.2, 0) is 0 Å². The Morgan fingerprint density at radius 3 is 1.88 bits per heavy atom. The third-order valence-electron chi connectivity index (χ3n) is 6.49. The number of hydrogen-bond donors (Lipinski definition) is 0. The Balaban J connectivity index is 1.58. The van der Waals surface area contributed by atoms with Crippen LogP contribution >= 0.6 is 0 Å². The first-order chi connectivity index (χ1) is 15.9. The van der Waals surface area contributed by atoms with Gasteiger partial charge >= 0.3 is 0 Å². The van der Waals surface area contributed by atoms with Gasteiger partial charge in [0.1, 0.15) is 0 Å². The highest BCUT2D eigenvalue weighted by Crippen LogP contribution is 2.36. The summed E-state index contributed by atoms with van der Waals surface area (Å²) in [6, 6.07) is 41.4. The Morgan fingerprint density at radius 1 is 0.406 bits per heavy atom. The summed E-state index contributed by atoms with van der Waals surface area (Å²) in [6.45, 7) is 0. The van der Waals surface area contributed by atoms with Crippen LogP contribution in [0.3, 0.4) is 0 Å². The van der Waals surface area contributed by atoms with Crippen molar-refractivity contribution in [3.05, 3.63) is 121 Å². The van der Waals surface area contributed by atoms with Crippen molar-refractivity contribution in [1.29, 1.82) is 0 Å². The molecule has 150 valence electrons. The molecule has 7 rings (SSSR count). The van der Waals surface area contributed by atoms with E-state index in [0.29, 0.717) is 0 Å². The van der Waals surface area contributed by atoms with Gasteiger partial charge in [-0.15, -0.1) is 0 Å². The predicted octanol–water partition coefficient (Wildman–Crippen LogP) is 7.88. The van der Waals surface area contributed by atoms with E-state index in [-0.39, 0.29) is 0 Å². The molecule has 0 saturated heterocycles. The summed E-state index contributed by atoms with van der Waals surface area (Å²) in [6.07, 6.45) is 2.16. The lowest BCUT2D eigenvalue weighted by Gasteiger charge is -2.09. The van der Waals surface area contributed by atoms with E-state index in [2.05, 4.69) is 131 Å². The zero-order chi connectivity index (χ0) is 21.1. The molecule has 2 nitrogen and oxygen atoms in total. The molecular weight excluding hydrogens is 388 g/mol. The van der Waals surface area contributed by atoms with Crippen molar-refractivity contribution in [2.24, 2.45) is 0 Å². The van der Waals surface area contributed by atoms with Crippen LogP contribution in [0.2, 0.25) is 0 Å². The number of nitrogens with zero attached hydrogens (tertiary/aromatic N) is 2. The fourth-order valence-electron chi connectivity index (χ4n) is 5.02. The second-order valence-electron chi connectivity index (χ2n) is 8.34. The maximum atomic E-state index is 2.38. The third kappa shape index (κ3) is 2.47. The van der Waals surface area contributed by atoms with Gasteiger partial charge in [-0.25, -0.2) is 0 Å². The monoisotopic (exact) mass is 408 g/mol. The third-order valence-corrected chi connectivity index (χ3v) is 6.49. The van der Waals surface area contributed by atoms with Gasteiger partial charge in [0, 0.05) is 33.7 Å². The molecule has 0 fully saturated rings. The van der Waals surface area contributed by atoms with E-state index in [1.807, 2.05) is 0 Å². The standard InChI is InChI=1S/C30H20N2/c1-3-9-24(10-4-1)31-16-15-21-17-22-18-27-26-13-7-8-14-28(26)32(25-11-5-2-6-12-25)30(27)20-23(22)19-29(21)31/h1-20H. The summed E-state index contributed by atoms with van der Waals surface area (Å²) in [5, 5.41) is 6.36. The highest BCUT2D eigenvalue weighted by atomic mass is 15.0. The molecule has 0 unspecified atom stereocenters. The largest absolute Gasteiger partial charge is 0.317 e. The van der Waals surface area contributed by atoms with Crippen molar-refractivity contribution in [3.63, 3.8) is 0 Å². The zero-order valence-electron chi connectivity index (χ0n) is 17.4. The summed E-state index contributed by atoms with van der Waals surface area (Å²) in [4.78, 5) is 0. The van der Waals surface area contributed by atoms with Gasteiger partial charge < -0.3 is 9.13 Å². The quantitative estimate of drug-likeness (QED) is 0.275. The Bertz CT molecular complexity index is 1750. The average Bonchev–Trinajstić information content (AvgIpc) is 3.40. The molecule has 2 heteroatoms. The Labute approximate surface area is 185 Å². The van der Waals surface area contributed by atoms with Gasteiger partial charge in [0.05, 0.1) is 16.6 Å². The highest BCUT2D eigenvalue weighted by molar-refractivity contribution is 6.15. The molecule has 0 aliphatic rings. The van der Waals surface area contributed by atoms with E-state index in [9.17, 15) is 0 Å². The van der Waals surface area contributed by atoms with Crippen molar-refractivity contribution in [3.8, 4) is 11.4 Å². The van der Waals surface area contributed by atoms with Crippen LogP contribution in [0.1, 0.15) is 0 Å². The number of rotatable bonds is 2.